The van der Waals surface area contributed by atoms with E-state index >= 15 is 0 Å². The summed E-state index contributed by atoms with van der Waals surface area (Å²) >= 11 is 0. The van der Waals surface area contributed by atoms with Crippen molar-refractivity contribution in [1.82, 2.24) is 5.32 Å². The van der Waals surface area contributed by atoms with Crippen LogP contribution < -0.4 is 25.8 Å². The first-order valence-electron chi connectivity index (χ1n) is 12.5. The van der Waals surface area contributed by atoms with E-state index < -0.39 is 6.04 Å². The van der Waals surface area contributed by atoms with Crippen molar-refractivity contribution in [3.8, 4) is 11.5 Å². The van der Waals surface area contributed by atoms with Gasteiger partial charge in [0.25, 0.3) is 0 Å². The Morgan fingerprint density at radius 1 is 0.846 bits per heavy atom. The van der Waals surface area contributed by atoms with E-state index in [1.54, 1.807) is 24.3 Å². The topological polar surface area (TPSA) is 109 Å². The van der Waals surface area contributed by atoms with Crippen molar-refractivity contribution in [3.05, 3.63) is 125 Å². The van der Waals surface area contributed by atoms with Crippen molar-refractivity contribution in [3.63, 3.8) is 0 Å². The minimum Gasteiger partial charge on any atom is -0.490 e. The van der Waals surface area contributed by atoms with E-state index in [0.717, 1.165) is 22.4 Å². The number of hydrogen-bond donors (Lipinski definition) is 4. The molecule has 0 aromatic heterocycles. The Kier molecular flexibility index (Phi) is 10.8. The van der Waals surface area contributed by atoms with Crippen LogP contribution in [0.3, 0.4) is 0 Å². The van der Waals surface area contributed by atoms with Crippen molar-refractivity contribution < 1.29 is 14.3 Å². The molecule has 0 aliphatic carbocycles. The molecule has 4 aromatic carbocycles. The van der Waals surface area contributed by atoms with Gasteiger partial charge in [0.15, 0.2) is 11.5 Å². The number of anilines is 1. The highest BCUT2D eigenvalue weighted by Gasteiger charge is 2.22. The largest absolute Gasteiger partial charge is 0.490 e. The highest BCUT2D eigenvalue weighted by Crippen LogP contribution is 2.33. The van der Waals surface area contributed by atoms with Crippen molar-refractivity contribution in [2.45, 2.75) is 26.1 Å². The Bertz CT molecular complexity index is 1350. The Morgan fingerprint density at radius 2 is 1.49 bits per heavy atom. The maximum absolute atomic E-state index is 13.5. The molecule has 0 saturated heterocycles. The average molecular weight is 545 g/mol. The van der Waals surface area contributed by atoms with Gasteiger partial charge in [-0.25, -0.2) is 0 Å². The van der Waals surface area contributed by atoms with Crippen molar-refractivity contribution in [2.24, 2.45) is 5.73 Å². The number of ether oxygens (including phenoxy) is 2. The van der Waals surface area contributed by atoms with Crippen LogP contribution in [0.1, 0.15) is 35.2 Å². The molecule has 4 rings (SSSR count). The summed E-state index contributed by atoms with van der Waals surface area (Å²) in [5, 5.41) is 14.0. The second-order valence-corrected chi connectivity index (χ2v) is 8.69. The van der Waals surface area contributed by atoms with Crippen LogP contribution in [0.2, 0.25) is 0 Å². The number of nitrogens with two attached hydrogens (primary N) is 1. The second-order valence-electron chi connectivity index (χ2n) is 8.69. The molecule has 0 heterocycles. The summed E-state index contributed by atoms with van der Waals surface area (Å²) in [5.41, 5.74) is 9.70. The number of halogens is 1. The molecule has 0 spiro atoms. The number of hydrogen-bond acceptors (Lipinski definition) is 5. The van der Waals surface area contributed by atoms with E-state index in [4.69, 9.17) is 20.6 Å². The highest BCUT2D eigenvalue weighted by atomic mass is 35.5. The molecule has 202 valence electrons. The quantitative estimate of drug-likeness (QED) is 0.132. The van der Waals surface area contributed by atoms with Gasteiger partial charge in [0.2, 0.25) is 5.91 Å². The molecule has 39 heavy (non-hydrogen) atoms. The van der Waals surface area contributed by atoms with E-state index in [0.29, 0.717) is 36.8 Å². The summed E-state index contributed by atoms with van der Waals surface area (Å²) in [4.78, 5) is 13.5. The molecule has 0 aliphatic heterocycles. The number of amides is 1. The highest BCUT2D eigenvalue weighted by molar-refractivity contribution is 5.95. The van der Waals surface area contributed by atoms with Gasteiger partial charge in [-0.15, -0.1) is 12.4 Å². The second kappa shape index (κ2) is 14.4. The van der Waals surface area contributed by atoms with E-state index in [1.165, 1.54) is 0 Å². The molecule has 0 fully saturated rings. The van der Waals surface area contributed by atoms with Gasteiger partial charge in [-0.3, -0.25) is 10.2 Å². The van der Waals surface area contributed by atoms with Crippen LogP contribution in [0.15, 0.2) is 103 Å². The number of nitrogens with one attached hydrogen (secondary N) is 3. The molecule has 1 atom stereocenters. The number of benzene rings is 4. The fourth-order valence-corrected chi connectivity index (χ4v) is 3.93. The normalized spacial score (nSPS) is 11.0. The van der Waals surface area contributed by atoms with Gasteiger partial charge in [-0.1, -0.05) is 66.7 Å². The Morgan fingerprint density at radius 3 is 2.10 bits per heavy atom. The minimum absolute atomic E-state index is 0. The molecular weight excluding hydrogens is 512 g/mol. The third-order valence-electron chi connectivity index (χ3n) is 5.92. The van der Waals surface area contributed by atoms with Crippen LogP contribution in [0, 0.1) is 5.41 Å². The lowest BCUT2D eigenvalue weighted by Gasteiger charge is -2.22. The molecule has 7 nitrogen and oxygen atoms in total. The summed E-state index contributed by atoms with van der Waals surface area (Å²) in [5.74, 6) is 0.968. The summed E-state index contributed by atoms with van der Waals surface area (Å²) in [6.45, 7) is 3.17. The van der Waals surface area contributed by atoms with E-state index in [1.807, 2.05) is 85.8 Å². The molecule has 0 bridgehead atoms. The van der Waals surface area contributed by atoms with Crippen molar-refractivity contribution >= 4 is 29.8 Å². The molecule has 4 aromatic rings. The van der Waals surface area contributed by atoms with Crippen LogP contribution in [0.5, 0.6) is 11.5 Å². The van der Waals surface area contributed by atoms with Crippen LogP contribution in [-0.4, -0.2) is 18.3 Å². The molecule has 0 saturated carbocycles. The van der Waals surface area contributed by atoms with Gasteiger partial charge in [-0.05, 0) is 60.0 Å². The van der Waals surface area contributed by atoms with Crippen LogP contribution in [0.4, 0.5) is 5.69 Å². The Labute approximate surface area is 235 Å². The molecule has 8 heteroatoms. The van der Waals surface area contributed by atoms with E-state index in [2.05, 4.69) is 10.6 Å². The van der Waals surface area contributed by atoms with Gasteiger partial charge in [0, 0.05) is 17.8 Å². The maximum atomic E-state index is 13.5. The van der Waals surface area contributed by atoms with Gasteiger partial charge in [-0.2, -0.15) is 0 Å². The number of amidine groups is 1. The number of carbonyl (C=O) groups is 1. The van der Waals surface area contributed by atoms with Crippen LogP contribution in [0.25, 0.3) is 0 Å². The lowest BCUT2D eigenvalue weighted by atomic mass is 10.0. The first-order chi connectivity index (χ1) is 18.5. The third kappa shape index (κ3) is 8.25. The molecule has 0 radical (unpaired) electrons. The van der Waals surface area contributed by atoms with Crippen LogP contribution >= 0.6 is 12.4 Å². The SMILES string of the molecule is CCOc1cc([C@H](Nc2ccc(C(=N)N)cc2)C(=O)NCc2ccccc2)ccc1OCc1ccccc1.Cl. The summed E-state index contributed by atoms with van der Waals surface area (Å²) in [7, 11) is 0. The fraction of sp³-hybridized carbons (Fsp3) is 0.161. The van der Waals surface area contributed by atoms with Crippen molar-refractivity contribution in [2.75, 3.05) is 11.9 Å². The third-order valence-corrected chi connectivity index (χ3v) is 5.92. The zero-order chi connectivity index (χ0) is 26.7. The number of rotatable bonds is 12. The minimum atomic E-state index is -0.704. The maximum Gasteiger partial charge on any atom is 0.247 e. The van der Waals surface area contributed by atoms with Gasteiger partial charge < -0.3 is 25.8 Å². The van der Waals surface area contributed by atoms with Crippen LogP contribution in [-0.2, 0) is 17.9 Å². The molecule has 1 amide bonds. The Balaban J connectivity index is 0.00000420. The van der Waals surface area contributed by atoms with E-state index in [9.17, 15) is 4.79 Å². The molecule has 0 aliphatic rings. The monoisotopic (exact) mass is 544 g/mol. The van der Waals surface area contributed by atoms with Crippen molar-refractivity contribution in [1.29, 1.82) is 5.41 Å². The summed E-state index contributed by atoms with van der Waals surface area (Å²) < 4.78 is 11.9. The lowest BCUT2D eigenvalue weighted by molar-refractivity contribution is -0.122. The van der Waals surface area contributed by atoms with Gasteiger partial charge >= 0.3 is 0 Å². The Hall–Kier alpha value is -4.49. The summed E-state index contributed by atoms with van der Waals surface area (Å²) in [6.07, 6.45) is 0. The number of carbonyl (C=O) groups excluding carboxylic acids is 1. The average Bonchev–Trinajstić information content (AvgIpc) is 2.95. The standard InChI is InChI=1S/C31H32N4O3.ClH/c1-2-37-28-19-25(15-18-27(28)38-21-23-11-7-4-8-12-23)29(31(36)34-20-22-9-5-3-6-10-22)35-26-16-13-24(14-17-26)30(32)33;/h3-19,29,35H,2,20-21H2,1H3,(H3,32,33)(H,34,36);1H/t29-;/m0./s1. The predicted octanol–water partition coefficient (Wildman–Crippen LogP) is 5.84. The van der Waals surface area contributed by atoms with E-state index in [-0.39, 0.29) is 24.1 Å². The zero-order valence-electron chi connectivity index (χ0n) is 21.7. The van der Waals surface area contributed by atoms with Gasteiger partial charge in [0.05, 0.1) is 6.61 Å². The number of nitrogen functional groups attached to an aromatic ring is 1. The first kappa shape index (κ1) is 29.1. The predicted molar refractivity (Wildman–Crippen MR) is 158 cm³/mol. The smallest absolute Gasteiger partial charge is 0.247 e. The molecular formula is C31H33ClN4O3. The summed E-state index contributed by atoms with van der Waals surface area (Å²) in [6, 6.07) is 31.6. The zero-order valence-corrected chi connectivity index (χ0v) is 22.5. The van der Waals surface area contributed by atoms with Gasteiger partial charge in [0.1, 0.15) is 18.5 Å². The lowest BCUT2D eigenvalue weighted by Crippen LogP contribution is -2.33. The fourth-order valence-electron chi connectivity index (χ4n) is 3.93. The molecule has 5 N–H and O–H groups in total. The first-order valence-corrected chi connectivity index (χ1v) is 12.5. The molecule has 0 unspecified atom stereocenters.